The first-order chi connectivity index (χ1) is 9.49. The summed E-state index contributed by atoms with van der Waals surface area (Å²) in [5.41, 5.74) is 8.99. The van der Waals surface area contributed by atoms with E-state index in [2.05, 4.69) is 34.2 Å². The molecule has 1 unspecified atom stereocenters. The molecule has 0 saturated carbocycles. The summed E-state index contributed by atoms with van der Waals surface area (Å²) in [4.78, 5) is 11.1. The van der Waals surface area contributed by atoms with E-state index in [9.17, 15) is 4.79 Å². The van der Waals surface area contributed by atoms with Crippen LogP contribution < -0.4 is 11.1 Å². The summed E-state index contributed by atoms with van der Waals surface area (Å²) in [6, 6.07) is 13.7. The summed E-state index contributed by atoms with van der Waals surface area (Å²) >= 11 is 3.56. The Morgan fingerprint density at radius 2 is 1.95 bits per heavy atom. The van der Waals surface area contributed by atoms with E-state index in [4.69, 9.17) is 5.73 Å². The summed E-state index contributed by atoms with van der Waals surface area (Å²) in [6.45, 7) is 4.06. The highest BCUT2D eigenvalue weighted by atomic mass is 79.9. The molecule has 0 radical (unpaired) electrons. The number of hydrogen-bond donors (Lipinski definition) is 2. The molecular formula is C16H17BrN2O. The molecule has 0 bridgehead atoms. The minimum absolute atomic E-state index is 0.156. The van der Waals surface area contributed by atoms with Gasteiger partial charge in [0, 0.05) is 21.8 Å². The fourth-order valence-electron chi connectivity index (χ4n) is 2.12. The monoisotopic (exact) mass is 332 g/mol. The number of carbonyl (C=O) groups is 1. The van der Waals surface area contributed by atoms with Crippen LogP contribution in [0.25, 0.3) is 0 Å². The fraction of sp³-hybridized carbons (Fsp3) is 0.188. The maximum Gasteiger partial charge on any atom is 0.248 e. The van der Waals surface area contributed by atoms with E-state index in [1.165, 1.54) is 5.56 Å². The van der Waals surface area contributed by atoms with E-state index in [1.54, 1.807) is 12.1 Å². The molecule has 2 aromatic rings. The highest BCUT2D eigenvalue weighted by Crippen LogP contribution is 2.27. The first-order valence-corrected chi connectivity index (χ1v) is 7.19. The molecule has 3 nitrogen and oxygen atoms in total. The number of aryl methyl sites for hydroxylation is 1. The van der Waals surface area contributed by atoms with Gasteiger partial charge in [-0.1, -0.05) is 34.1 Å². The van der Waals surface area contributed by atoms with Gasteiger partial charge < -0.3 is 11.1 Å². The Bertz CT molecular complexity index is 640. The lowest BCUT2D eigenvalue weighted by molar-refractivity contribution is 0.1000. The van der Waals surface area contributed by atoms with E-state index < -0.39 is 5.91 Å². The molecular weight excluding hydrogens is 316 g/mol. The number of hydrogen-bond acceptors (Lipinski definition) is 2. The number of nitrogens with one attached hydrogen (secondary N) is 1. The van der Waals surface area contributed by atoms with Crippen LogP contribution >= 0.6 is 15.9 Å². The van der Waals surface area contributed by atoms with Crippen molar-refractivity contribution >= 4 is 27.5 Å². The Kier molecular flexibility index (Phi) is 4.45. The Hall–Kier alpha value is -1.81. The van der Waals surface area contributed by atoms with E-state index >= 15 is 0 Å². The van der Waals surface area contributed by atoms with Crippen molar-refractivity contribution in [2.45, 2.75) is 19.9 Å². The number of anilines is 1. The van der Waals surface area contributed by atoms with Crippen LogP contribution in [0, 0.1) is 6.92 Å². The smallest absolute Gasteiger partial charge is 0.248 e. The molecule has 0 spiro atoms. The van der Waals surface area contributed by atoms with Gasteiger partial charge in [-0.2, -0.15) is 0 Å². The summed E-state index contributed by atoms with van der Waals surface area (Å²) in [5, 5.41) is 3.45. The van der Waals surface area contributed by atoms with Crippen LogP contribution in [0.5, 0.6) is 0 Å². The molecule has 0 aliphatic rings. The fourth-order valence-corrected chi connectivity index (χ4v) is 2.74. The van der Waals surface area contributed by atoms with Gasteiger partial charge in [-0.15, -0.1) is 0 Å². The summed E-state index contributed by atoms with van der Waals surface area (Å²) in [7, 11) is 0. The third kappa shape index (κ3) is 3.20. The second kappa shape index (κ2) is 6.09. The number of amides is 1. The van der Waals surface area contributed by atoms with Crippen LogP contribution in [0.1, 0.15) is 34.5 Å². The lowest BCUT2D eigenvalue weighted by Crippen LogP contribution is -2.12. The molecule has 3 N–H and O–H groups in total. The van der Waals surface area contributed by atoms with Crippen molar-refractivity contribution in [3.8, 4) is 0 Å². The van der Waals surface area contributed by atoms with Gasteiger partial charge in [-0.3, -0.25) is 4.79 Å². The van der Waals surface area contributed by atoms with Crippen molar-refractivity contribution in [2.24, 2.45) is 5.73 Å². The Labute approximate surface area is 127 Å². The average molecular weight is 333 g/mol. The molecule has 0 fully saturated rings. The van der Waals surface area contributed by atoms with Gasteiger partial charge in [0.05, 0.1) is 0 Å². The summed E-state index contributed by atoms with van der Waals surface area (Å²) in [5.74, 6) is -0.404. The van der Waals surface area contributed by atoms with Crippen molar-refractivity contribution < 1.29 is 4.79 Å². The number of halogens is 1. The second-order valence-corrected chi connectivity index (χ2v) is 5.64. The Morgan fingerprint density at radius 1 is 1.25 bits per heavy atom. The molecule has 104 valence electrons. The minimum atomic E-state index is -0.404. The van der Waals surface area contributed by atoms with E-state index in [0.717, 1.165) is 15.7 Å². The molecule has 4 heteroatoms. The molecule has 0 aliphatic carbocycles. The quantitative estimate of drug-likeness (QED) is 0.888. The van der Waals surface area contributed by atoms with E-state index in [-0.39, 0.29) is 6.04 Å². The van der Waals surface area contributed by atoms with Crippen LogP contribution in [-0.4, -0.2) is 5.91 Å². The van der Waals surface area contributed by atoms with Crippen LogP contribution in [0.15, 0.2) is 46.9 Å². The molecule has 0 aliphatic heterocycles. The lowest BCUT2D eigenvalue weighted by atomic mass is 10.1. The van der Waals surface area contributed by atoms with Crippen LogP contribution in [-0.2, 0) is 0 Å². The van der Waals surface area contributed by atoms with Crippen molar-refractivity contribution in [1.82, 2.24) is 0 Å². The number of carbonyl (C=O) groups excluding carboxylic acids is 1. The topological polar surface area (TPSA) is 55.1 Å². The molecule has 0 aromatic heterocycles. The predicted octanol–water partition coefficient (Wildman–Crippen LogP) is 4.03. The average Bonchev–Trinajstić information content (AvgIpc) is 2.41. The third-order valence-corrected chi connectivity index (χ3v) is 3.98. The Morgan fingerprint density at radius 3 is 2.55 bits per heavy atom. The maximum absolute atomic E-state index is 11.1. The van der Waals surface area contributed by atoms with Gasteiger partial charge in [0.15, 0.2) is 0 Å². The number of benzene rings is 2. The first-order valence-electron chi connectivity index (χ1n) is 6.40. The van der Waals surface area contributed by atoms with Gasteiger partial charge in [0.25, 0.3) is 0 Å². The van der Waals surface area contributed by atoms with E-state index in [0.29, 0.717) is 5.56 Å². The second-order valence-electron chi connectivity index (χ2n) is 4.78. The van der Waals surface area contributed by atoms with E-state index in [1.807, 2.05) is 31.2 Å². The minimum Gasteiger partial charge on any atom is -0.378 e. The highest BCUT2D eigenvalue weighted by Gasteiger charge is 2.10. The zero-order valence-corrected chi connectivity index (χ0v) is 13.1. The first kappa shape index (κ1) is 14.6. The molecule has 2 aromatic carbocycles. The molecule has 1 amide bonds. The maximum atomic E-state index is 11.1. The normalized spacial score (nSPS) is 11.9. The zero-order valence-electron chi connectivity index (χ0n) is 11.5. The standard InChI is InChI=1S/C16H17BrN2O/c1-10-9-12(16(18)20)7-8-15(10)19-11(2)13-5-3-4-6-14(13)17/h3-9,11,19H,1-2H3,(H2,18,20). The lowest BCUT2D eigenvalue weighted by Gasteiger charge is -2.19. The summed E-state index contributed by atoms with van der Waals surface area (Å²) in [6.07, 6.45) is 0. The number of rotatable bonds is 4. The molecule has 2 rings (SSSR count). The predicted molar refractivity (Wildman–Crippen MR) is 85.9 cm³/mol. The van der Waals surface area contributed by atoms with Gasteiger partial charge in [0.2, 0.25) is 5.91 Å². The molecule has 0 heterocycles. The van der Waals surface area contributed by atoms with Crippen LogP contribution in [0.2, 0.25) is 0 Å². The highest BCUT2D eigenvalue weighted by molar-refractivity contribution is 9.10. The largest absolute Gasteiger partial charge is 0.378 e. The SMILES string of the molecule is Cc1cc(C(N)=O)ccc1NC(C)c1ccccc1Br. The zero-order chi connectivity index (χ0) is 14.7. The molecule has 20 heavy (non-hydrogen) atoms. The third-order valence-electron chi connectivity index (χ3n) is 3.25. The number of primary amides is 1. The molecule has 0 saturated heterocycles. The van der Waals surface area contributed by atoms with Gasteiger partial charge in [-0.25, -0.2) is 0 Å². The van der Waals surface area contributed by atoms with Crippen molar-refractivity contribution in [3.63, 3.8) is 0 Å². The van der Waals surface area contributed by atoms with Crippen molar-refractivity contribution in [2.75, 3.05) is 5.32 Å². The van der Waals surface area contributed by atoms with Crippen LogP contribution in [0.4, 0.5) is 5.69 Å². The van der Waals surface area contributed by atoms with Crippen LogP contribution in [0.3, 0.4) is 0 Å². The van der Waals surface area contributed by atoms with Crippen molar-refractivity contribution in [3.05, 3.63) is 63.6 Å². The Balaban J connectivity index is 2.22. The van der Waals surface area contributed by atoms with Gasteiger partial charge in [-0.05, 0) is 49.2 Å². The van der Waals surface area contributed by atoms with Gasteiger partial charge >= 0.3 is 0 Å². The van der Waals surface area contributed by atoms with Crippen molar-refractivity contribution in [1.29, 1.82) is 0 Å². The van der Waals surface area contributed by atoms with Gasteiger partial charge in [0.1, 0.15) is 0 Å². The molecule has 1 atom stereocenters. The summed E-state index contributed by atoms with van der Waals surface area (Å²) < 4.78 is 1.08. The number of nitrogens with two attached hydrogens (primary N) is 1.